The van der Waals surface area contributed by atoms with Gasteiger partial charge in [0.2, 0.25) is 0 Å². The highest BCUT2D eigenvalue weighted by Crippen LogP contribution is 2.34. The molecule has 2 aliphatic heterocycles. The molecule has 0 radical (unpaired) electrons. The minimum atomic E-state index is 0.248. The third kappa shape index (κ3) is 3.19. The number of halogens is 1. The zero-order chi connectivity index (χ0) is 14.7. The fourth-order valence-electron chi connectivity index (χ4n) is 3.53. The van der Waals surface area contributed by atoms with E-state index in [0.717, 1.165) is 37.7 Å². The molecule has 21 heavy (non-hydrogen) atoms. The van der Waals surface area contributed by atoms with Gasteiger partial charge in [-0.05, 0) is 36.5 Å². The van der Waals surface area contributed by atoms with E-state index in [1.54, 1.807) is 0 Å². The maximum Gasteiger partial charge on any atom is 0.0639 e. The number of benzene rings is 1. The molecule has 3 rings (SSSR count). The molecular weight excluding hydrogens is 302 g/mol. The van der Waals surface area contributed by atoms with Crippen molar-refractivity contribution in [1.82, 2.24) is 4.90 Å². The fraction of sp³-hybridized carbons (Fsp3) is 0.625. The molecule has 1 aromatic carbocycles. The summed E-state index contributed by atoms with van der Waals surface area (Å²) in [6, 6.07) is 8.15. The predicted octanol–water partition coefficient (Wildman–Crippen LogP) is 2.69. The van der Waals surface area contributed by atoms with E-state index in [4.69, 9.17) is 17.3 Å². The number of thioether (sulfide) groups is 1. The Morgan fingerprint density at radius 3 is 2.38 bits per heavy atom. The molecule has 3 nitrogen and oxygen atoms in total. The molecule has 2 aliphatic rings. The van der Waals surface area contributed by atoms with Crippen LogP contribution in [0.2, 0.25) is 5.02 Å². The minimum absolute atomic E-state index is 0.248. The van der Waals surface area contributed by atoms with Crippen molar-refractivity contribution in [1.29, 1.82) is 0 Å². The number of anilines is 1. The van der Waals surface area contributed by atoms with Gasteiger partial charge in [0.1, 0.15) is 0 Å². The lowest BCUT2D eigenvalue weighted by Crippen LogP contribution is -2.61. The number of rotatable bonds is 3. The van der Waals surface area contributed by atoms with E-state index in [-0.39, 0.29) is 5.54 Å². The SMILES string of the molecule is NCC1(N2CCN(c3ccccc3Cl)CC2)CCSCC1. The number of nitrogens with zero attached hydrogens (tertiary/aromatic N) is 2. The van der Waals surface area contributed by atoms with Crippen molar-refractivity contribution in [2.24, 2.45) is 5.73 Å². The number of nitrogens with two attached hydrogens (primary N) is 1. The second-order valence-corrected chi connectivity index (χ2v) is 7.60. The molecule has 0 atom stereocenters. The Morgan fingerprint density at radius 2 is 1.76 bits per heavy atom. The predicted molar refractivity (Wildman–Crippen MR) is 93.6 cm³/mol. The van der Waals surface area contributed by atoms with Crippen LogP contribution in [0.4, 0.5) is 5.69 Å². The third-order valence-electron chi connectivity index (χ3n) is 4.95. The second kappa shape index (κ2) is 6.78. The zero-order valence-electron chi connectivity index (χ0n) is 12.4. The van der Waals surface area contributed by atoms with Gasteiger partial charge in [-0.25, -0.2) is 0 Å². The second-order valence-electron chi connectivity index (χ2n) is 5.97. The van der Waals surface area contributed by atoms with Gasteiger partial charge in [0.25, 0.3) is 0 Å². The Bertz CT molecular complexity index is 468. The Hall–Kier alpha value is -0.420. The first kappa shape index (κ1) is 15.5. The first-order valence-electron chi connectivity index (χ1n) is 7.77. The highest BCUT2D eigenvalue weighted by Gasteiger charge is 2.38. The van der Waals surface area contributed by atoms with Crippen LogP contribution in [0.25, 0.3) is 0 Å². The van der Waals surface area contributed by atoms with Crippen LogP contribution < -0.4 is 10.6 Å². The van der Waals surface area contributed by atoms with Crippen molar-refractivity contribution >= 4 is 29.1 Å². The summed E-state index contributed by atoms with van der Waals surface area (Å²) in [5, 5.41) is 0.855. The molecule has 2 saturated heterocycles. The van der Waals surface area contributed by atoms with Crippen LogP contribution >= 0.6 is 23.4 Å². The van der Waals surface area contributed by atoms with Crippen LogP contribution in [0.5, 0.6) is 0 Å². The molecule has 0 aromatic heterocycles. The number of hydrogen-bond acceptors (Lipinski definition) is 4. The Morgan fingerprint density at radius 1 is 1.10 bits per heavy atom. The molecular formula is C16H24ClN3S. The van der Waals surface area contributed by atoms with E-state index in [1.165, 1.54) is 30.0 Å². The van der Waals surface area contributed by atoms with E-state index in [1.807, 2.05) is 12.1 Å². The summed E-state index contributed by atoms with van der Waals surface area (Å²) in [5.74, 6) is 2.50. The van der Waals surface area contributed by atoms with Crippen molar-refractivity contribution < 1.29 is 0 Å². The van der Waals surface area contributed by atoms with Crippen LogP contribution in [0.1, 0.15) is 12.8 Å². The lowest BCUT2D eigenvalue weighted by atomic mass is 9.89. The van der Waals surface area contributed by atoms with E-state index in [2.05, 4.69) is 33.7 Å². The molecule has 0 bridgehead atoms. The van der Waals surface area contributed by atoms with Crippen molar-refractivity contribution in [2.45, 2.75) is 18.4 Å². The molecule has 0 amide bonds. The molecule has 0 aliphatic carbocycles. The standard InChI is InChI=1S/C16H24ClN3S/c17-14-3-1-2-4-15(14)19-7-9-20(10-8-19)16(13-18)5-11-21-12-6-16/h1-4H,5-13,18H2. The average Bonchev–Trinajstić information content (AvgIpc) is 2.56. The first-order chi connectivity index (χ1) is 10.2. The topological polar surface area (TPSA) is 32.5 Å². The van der Waals surface area contributed by atoms with Crippen molar-refractivity contribution in [3.63, 3.8) is 0 Å². The molecule has 1 aromatic rings. The number of para-hydroxylation sites is 1. The van der Waals surface area contributed by atoms with Crippen LogP contribution in [-0.4, -0.2) is 54.7 Å². The molecule has 2 heterocycles. The lowest BCUT2D eigenvalue weighted by Gasteiger charge is -2.49. The Balaban J connectivity index is 1.66. The van der Waals surface area contributed by atoms with Crippen molar-refractivity contribution in [2.75, 3.05) is 49.1 Å². The quantitative estimate of drug-likeness (QED) is 0.926. The maximum absolute atomic E-state index is 6.32. The maximum atomic E-state index is 6.32. The number of hydrogen-bond donors (Lipinski definition) is 1. The van der Waals surface area contributed by atoms with Crippen LogP contribution in [-0.2, 0) is 0 Å². The largest absolute Gasteiger partial charge is 0.368 e. The molecule has 0 saturated carbocycles. The fourth-order valence-corrected chi connectivity index (χ4v) is 5.04. The molecule has 0 spiro atoms. The summed E-state index contributed by atoms with van der Waals surface area (Å²) in [5.41, 5.74) is 7.57. The van der Waals surface area contributed by atoms with E-state index >= 15 is 0 Å². The summed E-state index contributed by atoms with van der Waals surface area (Å²) in [7, 11) is 0. The van der Waals surface area contributed by atoms with Crippen LogP contribution in [0.15, 0.2) is 24.3 Å². The highest BCUT2D eigenvalue weighted by molar-refractivity contribution is 7.99. The summed E-state index contributed by atoms with van der Waals surface area (Å²) in [4.78, 5) is 5.04. The zero-order valence-corrected chi connectivity index (χ0v) is 14.0. The van der Waals surface area contributed by atoms with E-state index in [0.29, 0.717) is 0 Å². The summed E-state index contributed by atoms with van der Waals surface area (Å²) in [6.07, 6.45) is 2.47. The molecule has 116 valence electrons. The monoisotopic (exact) mass is 325 g/mol. The smallest absolute Gasteiger partial charge is 0.0639 e. The summed E-state index contributed by atoms with van der Waals surface area (Å²) in [6.45, 7) is 5.05. The van der Waals surface area contributed by atoms with Gasteiger partial charge in [-0.1, -0.05) is 23.7 Å². The van der Waals surface area contributed by atoms with Gasteiger partial charge in [0.05, 0.1) is 10.7 Å². The summed E-state index contributed by atoms with van der Waals surface area (Å²) >= 11 is 8.39. The molecule has 2 fully saturated rings. The van der Waals surface area contributed by atoms with Gasteiger partial charge in [-0.2, -0.15) is 11.8 Å². The van der Waals surface area contributed by atoms with Gasteiger partial charge < -0.3 is 10.6 Å². The van der Waals surface area contributed by atoms with Gasteiger partial charge in [-0.15, -0.1) is 0 Å². The van der Waals surface area contributed by atoms with Gasteiger partial charge in [-0.3, -0.25) is 4.90 Å². The van der Waals surface area contributed by atoms with Crippen molar-refractivity contribution in [3.8, 4) is 0 Å². The third-order valence-corrected chi connectivity index (χ3v) is 6.25. The highest BCUT2D eigenvalue weighted by atomic mass is 35.5. The Kier molecular flexibility index (Phi) is 4.99. The summed E-state index contributed by atoms with van der Waals surface area (Å²) < 4.78 is 0. The average molecular weight is 326 g/mol. The van der Waals surface area contributed by atoms with E-state index < -0.39 is 0 Å². The molecule has 5 heteroatoms. The lowest BCUT2D eigenvalue weighted by molar-refractivity contribution is 0.0783. The minimum Gasteiger partial charge on any atom is -0.368 e. The van der Waals surface area contributed by atoms with Crippen LogP contribution in [0, 0.1) is 0 Å². The molecule has 2 N–H and O–H groups in total. The number of piperazine rings is 1. The van der Waals surface area contributed by atoms with Gasteiger partial charge in [0.15, 0.2) is 0 Å². The van der Waals surface area contributed by atoms with Crippen LogP contribution in [0.3, 0.4) is 0 Å². The van der Waals surface area contributed by atoms with Crippen molar-refractivity contribution in [3.05, 3.63) is 29.3 Å². The first-order valence-corrected chi connectivity index (χ1v) is 9.31. The van der Waals surface area contributed by atoms with Gasteiger partial charge in [0, 0.05) is 38.3 Å². The van der Waals surface area contributed by atoms with E-state index in [9.17, 15) is 0 Å². The molecule has 0 unspecified atom stereocenters. The van der Waals surface area contributed by atoms with Gasteiger partial charge >= 0.3 is 0 Å². The normalized spacial score (nSPS) is 23.2. The Labute approximate surface area is 136 Å².